The van der Waals surface area contributed by atoms with Gasteiger partial charge in [0.2, 0.25) is 0 Å². The lowest BCUT2D eigenvalue weighted by atomic mass is 9.79. The van der Waals surface area contributed by atoms with Crippen LogP contribution in [0, 0.1) is 5.92 Å². The van der Waals surface area contributed by atoms with E-state index in [1.165, 1.54) is 61.6 Å². The summed E-state index contributed by atoms with van der Waals surface area (Å²) in [6.07, 6.45) is 11.5. The quantitative estimate of drug-likeness (QED) is 0.217. The molecule has 1 unspecified atom stereocenters. The molecule has 0 radical (unpaired) electrons. The van der Waals surface area contributed by atoms with Crippen LogP contribution in [0.1, 0.15) is 61.6 Å². The second kappa shape index (κ2) is 11.8. The summed E-state index contributed by atoms with van der Waals surface area (Å²) >= 11 is 2.35. The van der Waals surface area contributed by atoms with E-state index in [0.717, 1.165) is 0 Å². The van der Waals surface area contributed by atoms with E-state index in [-0.39, 0.29) is 6.10 Å². The maximum Gasteiger partial charge on any atom is 0.144 e. The Morgan fingerprint density at radius 2 is 1.06 bits per heavy atom. The van der Waals surface area contributed by atoms with Crippen molar-refractivity contribution in [1.29, 1.82) is 0 Å². The third-order valence-electron chi connectivity index (χ3n) is 6.73. The van der Waals surface area contributed by atoms with Crippen molar-refractivity contribution in [2.24, 2.45) is 5.92 Å². The van der Waals surface area contributed by atoms with Gasteiger partial charge in [-0.1, -0.05) is 146 Å². The van der Waals surface area contributed by atoms with Gasteiger partial charge in [-0.25, -0.2) is 0 Å². The van der Waals surface area contributed by atoms with Crippen LogP contribution in [0.15, 0.2) is 101 Å². The molecule has 32 heavy (non-hydrogen) atoms. The first-order valence-electron chi connectivity index (χ1n) is 12.0. The van der Waals surface area contributed by atoms with Gasteiger partial charge in [-0.3, -0.25) is 0 Å². The van der Waals surface area contributed by atoms with E-state index in [1.807, 2.05) is 0 Å². The van der Waals surface area contributed by atoms with Gasteiger partial charge in [0.15, 0.2) is 0 Å². The van der Waals surface area contributed by atoms with Gasteiger partial charge in [-0.15, -0.1) is 0 Å². The lowest BCUT2D eigenvalue weighted by Gasteiger charge is -2.40. The van der Waals surface area contributed by atoms with E-state index in [0.29, 0.717) is 5.92 Å². The highest BCUT2D eigenvalue weighted by Gasteiger charge is 2.40. The summed E-state index contributed by atoms with van der Waals surface area (Å²) in [4.78, 5) is 0. The highest BCUT2D eigenvalue weighted by Crippen LogP contribution is 2.43. The molecular formula is C30H33IO. The highest BCUT2D eigenvalue weighted by molar-refractivity contribution is 14.1. The van der Waals surface area contributed by atoms with E-state index < -0.39 is 5.60 Å². The van der Waals surface area contributed by atoms with Crippen LogP contribution in [-0.4, -0.2) is 6.10 Å². The van der Waals surface area contributed by atoms with E-state index in [1.54, 1.807) is 0 Å². The van der Waals surface area contributed by atoms with Gasteiger partial charge in [0.25, 0.3) is 0 Å². The van der Waals surface area contributed by atoms with Gasteiger partial charge >= 0.3 is 0 Å². The molecule has 2 heteroatoms. The van der Waals surface area contributed by atoms with E-state index >= 15 is 0 Å². The topological polar surface area (TPSA) is 9.23 Å². The molecule has 0 heterocycles. The first kappa shape index (κ1) is 23.3. The molecule has 1 nitrogen and oxygen atoms in total. The van der Waals surface area contributed by atoms with Crippen LogP contribution in [0.25, 0.3) is 0 Å². The lowest BCUT2D eigenvalue weighted by Crippen LogP contribution is -2.39. The Hall–Kier alpha value is -1.91. The molecular weight excluding hydrogens is 503 g/mol. The van der Waals surface area contributed by atoms with E-state index in [4.69, 9.17) is 4.74 Å². The number of benzene rings is 3. The second-order valence-corrected chi connectivity index (χ2v) is 9.50. The molecule has 0 bridgehead atoms. The lowest BCUT2D eigenvalue weighted by molar-refractivity contribution is -0.0546. The predicted octanol–water partition coefficient (Wildman–Crippen LogP) is 8.67. The average Bonchev–Trinajstić information content (AvgIpc) is 2.84. The average molecular weight is 536 g/mol. The summed E-state index contributed by atoms with van der Waals surface area (Å²) < 4.78 is 9.53. The van der Waals surface area contributed by atoms with Gasteiger partial charge in [0, 0.05) is 0 Å². The zero-order chi connectivity index (χ0) is 22.1. The number of halogens is 1. The maximum absolute atomic E-state index is 7.38. The minimum absolute atomic E-state index is 0.0608. The smallest absolute Gasteiger partial charge is 0.144 e. The molecule has 1 aliphatic carbocycles. The van der Waals surface area contributed by atoms with E-state index in [2.05, 4.69) is 124 Å². The van der Waals surface area contributed by atoms with Gasteiger partial charge < -0.3 is 4.74 Å². The molecule has 0 N–H and O–H groups in total. The standard InChI is InChI=1S/C30H33IO/c31-24-23-29(25-15-7-2-1-3-8-16-25)32-30(26-17-9-4-10-18-26,27-19-11-5-12-20-27)28-21-13-6-14-22-28/h4-6,9-14,17-25,29H,1-3,7-8,15-16H2/b24-23+. The summed E-state index contributed by atoms with van der Waals surface area (Å²) in [6, 6.07) is 32.3. The molecule has 1 fully saturated rings. The Kier molecular flexibility index (Phi) is 8.58. The summed E-state index contributed by atoms with van der Waals surface area (Å²) in [5.41, 5.74) is 2.87. The molecule has 166 valence electrons. The van der Waals surface area contributed by atoms with Crippen molar-refractivity contribution in [3.05, 3.63) is 118 Å². The zero-order valence-corrected chi connectivity index (χ0v) is 20.9. The molecule has 0 saturated heterocycles. The normalized spacial score (nSPS) is 17.0. The zero-order valence-electron chi connectivity index (χ0n) is 18.7. The first-order chi connectivity index (χ1) is 15.8. The fraction of sp³-hybridized carbons (Fsp3) is 0.333. The highest BCUT2D eigenvalue weighted by atomic mass is 127. The molecule has 0 spiro atoms. The Morgan fingerprint density at radius 1 is 0.656 bits per heavy atom. The number of rotatable bonds is 7. The molecule has 1 atom stereocenters. The molecule has 0 amide bonds. The van der Waals surface area contributed by atoms with Crippen molar-refractivity contribution >= 4 is 22.6 Å². The third-order valence-corrected chi connectivity index (χ3v) is 7.15. The second-order valence-electron chi connectivity index (χ2n) is 8.79. The van der Waals surface area contributed by atoms with Crippen LogP contribution in [0.2, 0.25) is 0 Å². The fourth-order valence-electron chi connectivity index (χ4n) is 5.11. The number of hydrogen-bond acceptors (Lipinski definition) is 1. The molecule has 0 aromatic heterocycles. The van der Waals surface area contributed by atoms with Crippen molar-refractivity contribution in [2.45, 2.75) is 56.7 Å². The summed E-state index contributed by atoms with van der Waals surface area (Å²) in [6.45, 7) is 0. The Bertz CT molecular complexity index is 847. The monoisotopic (exact) mass is 536 g/mol. The van der Waals surface area contributed by atoms with Crippen LogP contribution in [0.3, 0.4) is 0 Å². The van der Waals surface area contributed by atoms with Gasteiger partial charge in [0.05, 0.1) is 6.10 Å². The van der Waals surface area contributed by atoms with Crippen molar-refractivity contribution < 1.29 is 4.74 Å². The Balaban J connectivity index is 1.86. The molecule has 1 saturated carbocycles. The molecule has 0 aliphatic heterocycles. The van der Waals surface area contributed by atoms with Crippen molar-refractivity contribution in [1.82, 2.24) is 0 Å². The van der Waals surface area contributed by atoms with E-state index in [9.17, 15) is 0 Å². The number of ether oxygens (including phenoxy) is 1. The van der Waals surface area contributed by atoms with Crippen LogP contribution < -0.4 is 0 Å². The first-order valence-corrected chi connectivity index (χ1v) is 13.2. The van der Waals surface area contributed by atoms with Crippen molar-refractivity contribution in [3.8, 4) is 0 Å². The third kappa shape index (κ3) is 5.35. The molecule has 4 rings (SSSR count). The molecule has 3 aromatic carbocycles. The van der Waals surface area contributed by atoms with Crippen LogP contribution in [0.5, 0.6) is 0 Å². The summed E-state index contributed by atoms with van der Waals surface area (Å²) in [7, 11) is 0. The van der Waals surface area contributed by atoms with Crippen molar-refractivity contribution in [3.63, 3.8) is 0 Å². The van der Waals surface area contributed by atoms with Gasteiger partial charge in [-0.2, -0.15) is 0 Å². The summed E-state index contributed by atoms with van der Waals surface area (Å²) in [5.74, 6) is 0.539. The predicted molar refractivity (Wildman–Crippen MR) is 143 cm³/mol. The molecule has 1 aliphatic rings. The molecule has 3 aromatic rings. The SMILES string of the molecule is I/C=C/C(OC(c1ccccc1)(c1ccccc1)c1ccccc1)C1CCCCCCC1. The Labute approximate surface area is 207 Å². The van der Waals surface area contributed by atoms with Crippen LogP contribution in [-0.2, 0) is 10.3 Å². The van der Waals surface area contributed by atoms with Gasteiger partial charge in [-0.05, 0) is 45.6 Å². The van der Waals surface area contributed by atoms with Crippen LogP contribution >= 0.6 is 22.6 Å². The maximum atomic E-state index is 7.38. The summed E-state index contributed by atoms with van der Waals surface area (Å²) in [5, 5.41) is 0. The largest absolute Gasteiger partial charge is 0.353 e. The number of hydrogen-bond donors (Lipinski definition) is 0. The minimum atomic E-state index is -0.660. The van der Waals surface area contributed by atoms with Crippen molar-refractivity contribution in [2.75, 3.05) is 0 Å². The van der Waals surface area contributed by atoms with Gasteiger partial charge in [0.1, 0.15) is 5.60 Å². The Morgan fingerprint density at radius 3 is 1.47 bits per heavy atom. The minimum Gasteiger partial charge on any atom is -0.353 e. The van der Waals surface area contributed by atoms with Crippen LogP contribution in [0.4, 0.5) is 0 Å². The fourth-order valence-corrected chi connectivity index (χ4v) is 5.52.